The van der Waals surface area contributed by atoms with Crippen molar-refractivity contribution in [2.75, 3.05) is 19.5 Å². The molecule has 0 bridgehead atoms. The maximum absolute atomic E-state index is 13.2. The highest BCUT2D eigenvalue weighted by Crippen LogP contribution is 2.44. The van der Waals surface area contributed by atoms with Gasteiger partial charge in [0.05, 0.1) is 26.2 Å². The summed E-state index contributed by atoms with van der Waals surface area (Å²) >= 11 is 0. The first kappa shape index (κ1) is 18.3. The summed E-state index contributed by atoms with van der Waals surface area (Å²) < 4.78 is 51.2. The van der Waals surface area contributed by atoms with Crippen LogP contribution in [0.2, 0.25) is 0 Å². The number of rotatable bonds is 3. The number of halogens is 3. The highest BCUT2D eigenvalue weighted by atomic mass is 19.4. The number of methoxy groups -OCH3 is 2. The Kier molecular flexibility index (Phi) is 4.28. The first-order valence-electron chi connectivity index (χ1n) is 8.59. The first-order valence-corrected chi connectivity index (χ1v) is 8.59. The molecular formula is C18H17F3N4O3. The van der Waals surface area contributed by atoms with Crippen LogP contribution in [0.15, 0.2) is 30.0 Å². The Morgan fingerprint density at radius 1 is 1.21 bits per heavy atom. The van der Waals surface area contributed by atoms with Gasteiger partial charge in [-0.1, -0.05) is 12.1 Å². The van der Waals surface area contributed by atoms with Crippen LogP contribution in [0.4, 0.5) is 19.1 Å². The summed E-state index contributed by atoms with van der Waals surface area (Å²) in [7, 11) is 2.95. The molecule has 10 heteroatoms. The van der Waals surface area contributed by atoms with Crippen molar-refractivity contribution < 1.29 is 27.4 Å². The Hall–Kier alpha value is -3.04. The molecule has 0 fully saturated rings. The third-order valence-electron chi connectivity index (χ3n) is 4.91. The van der Waals surface area contributed by atoms with Crippen molar-refractivity contribution in [1.82, 2.24) is 14.8 Å². The topological polar surface area (TPSA) is 78.3 Å². The van der Waals surface area contributed by atoms with E-state index in [1.165, 1.54) is 14.2 Å². The van der Waals surface area contributed by atoms with Gasteiger partial charge in [-0.3, -0.25) is 4.79 Å². The molecule has 1 aliphatic heterocycles. The van der Waals surface area contributed by atoms with Crippen LogP contribution < -0.4 is 14.8 Å². The van der Waals surface area contributed by atoms with E-state index >= 15 is 0 Å². The van der Waals surface area contributed by atoms with Crippen molar-refractivity contribution in [3.05, 3.63) is 41.4 Å². The van der Waals surface area contributed by atoms with Crippen LogP contribution in [0, 0.1) is 5.92 Å². The molecule has 2 aliphatic rings. The van der Waals surface area contributed by atoms with Gasteiger partial charge in [0.1, 0.15) is 5.78 Å². The third-order valence-corrected chi connectivity index (χ3v) is 4.91. The number of benzene rings is 1. The SMILES string of the molecule is COc1ccc(C2C3C(=O)CCC=C3Nc3nc(C(F)(F)F)nn32)cc1OC. The summed E-state index contributed by atoms with van der Waals surface area (Å²) in [5.74, 6) is -1.18. The minimum atomic E-state index is -4.70. The molecule has 2 atom stereocenters. The number of Topliss-reactive ketones (excluding diaryl/α,β-unsaturated/α-hetero) is 1. The zero-order chi connectivity index (χ0) is 20.1. The van der Waals surface area contributed by atoms with E-state index in [2.05, 4.69) is 15.4 Å². The Bertz CT molecular complexity index is 967. The highest BCUT2D eigenvalue weighted by molar-refractivity contribution is 5.87. The van der Waals surface area contributed by atoms with Crippen LogP contribution >= 0.6 is 0 Å². The second-order valence-corrected chi connectivity index (χ2v) is 6.53. The number of hydrogen-bond donors (Lipinski definition) is 1. The van der Waals surface area contributed by atoms with Gasteiger partial charge in [0.25, 0.3) is 5.82 Å². The summed E-state index contributed by atoms with van der Waals surface area (Å²) in [5, 5.41) is 6.52. The summed E-state index contributed by atoms with van der Waals surface area (Å²) in [6, 6.07) is 4.20. The van der Waals surface area contributed by atoms with Gasteiger partial charge in [-0.2, -0.15) is 18.2 Å². The number of aromatic nitrogens is 3. The molecule has 148 valence electrons. The van der Waals surface area contributed by atoms with Gasteiger partial charge in [-0.15, -0.1) is 5.10 Å². The summed E-state index contributed by atoms with van der Waals surface area (Å²) in [4.78, 5) is 16.3. The molecule has 2 aromatic rings. The summed E-state index contributed by atoms with van der Waals surface area (Å²) in [6.45, 7) is 0. The normalized spacial score (nSPS) is 21.3. The van der Waals surface area contributed by atoms with Gasteiger partial charge in [0.2, 0.25) is 5.95 Å². The molecule has 1 N–H and O–H groups in total. The van der Waals surface area contributed by atoms with Crippen LogP contribution in [-0.4, -0.2) is 34.8 Å². The molecular weight excluding hydrogens is 377 g/mol. The average Bonchev–Trinajstić information content (AvgIpc) is 3.10. The molecule has 4 rings (SSSR count). The van der Waals surface area contributed by atoms with Gasteiger partial charge in [0.15, 0.2) is 11.5 Å². The standard InChI is InChI=1S/C18H17F3N4O3/c1-27-12-7-6-9(8-13(12)28-2)15-14-10(4-3-5-11(14)26)22-17-23-16(18(19,20)21)24-25(15)17/h4,6-8,14-15H,3,5H2,1-2H3,(H,22,23,24). The number of carbonyl (C=O) groups excluding carboxylic acids is 1. The predicted octanol–water partition coefficient (Wildman–Crippen LogP) is 3.19. The summed E-state index contributed by atoms with van der Waals surface area (Å²) in [5.41, 5.74) is 1.12. The zero-order valence-electron chi connectivity index (χ0n) is 15.1. The van der Waals surface area contributed by atoms with Crippen LogP contribution in [-0.2, 0) is 11.0 Å². The van der Waals surface area contributed by atoms with Gasteiger partial charge in [-0.25, -0.2) is 4.68 Å². The van der Waals surface area contributed by atoms with Crippen molar-refractivity contribution in [2.45, 2.75) is 25.1 Å². The number of nitrogens with zero attached hydrogens (tertiary/aromatic N) is 3. The second kappa shape index (κ2) is 6.54. The predicted molar refractivity (Wildman–Crippen MR) is 92.1 cm³/mol. The molecule has 0 spiro atoms. The largest absolute Gasteiger partial charge is 0.493 e. The van der Waals surface area contributed by atoms with Crippen LogP contribution in [0.25, 0.3) is 0 Å². The van der Waals surface area contributed by atoms with Crippen molar-refractivity contribution in [2.24, 2.45) is 5.92 Å². The molecule has 0 saturated carbocycles. The van der Waals surface area contributed by atoms with Gasteiger partial charge in [0, 0.05) is 12.1 Å². The van der Waals surface area contributed by atoms with Crippen molar-refractivity contribution >= 4 is 11.7 Å². The molecule has 1 aliphatic carbocycles. The average molecular weight is 394 g/mol. The monoisotopic (exact) mass is 394 g/mol. The van der Waals surface area contributed by atoms with E-state index in [4.69, 9.17) is 9.47 Å². The number of ether oxygens (including phenoxy) is 2. The van der Waals surface area contributed by atoms with E-state index in [1.54, 1.807) is 18.2 Å². The second-order valence-electron chi connectivity index (χ2n) is 6.53. The van der Waals surface area contributed by atoms with E-state index in [0.717, 1.165) is 4.68 Å². The summed E-state index contributed by atoms with van der Waals surface area (Å²) in [6.07, 6.45) is -2.03. The fourth-order valence-corrected chi connectivity index (χ4v) is 3.66. The lowest BCUT2D eigenvalue weighted by Crippen LogP contribution is -2.38. The molecule has 2 heterocycles. The van der Waals surface area contributed by atoms with Gasteiger partial charge in [-0.05, 0) is 24.1 Å². The van der Waals surface area contributed by atoms with Crippen molar-refractivity contribution in [3.63, 3.8) is 0 Å². The van der Waals surface area contributed by atoms with Crippen LogP contribution in [0.3, 0.4) is 0 Å². The lowest BCUT2D eigenvalue weighted by Gasteiger charge is -2.36. The van der Waals surface area contributed by atoms with Crippen LogP contribution in [0.5, 0.6) is 11.5 Å². The number of alkyl halides is 3. The quantitative estimate of drug-likeness (QED) is 0.862. The Labute approximate surface area is 158 Å². The van der Waals surface area contributed by atoms with Gasteiger partial charge >= 0.3 is 6.18 Å². The number of ketones is 1. The zero-order valence-corrected chi connectivity index (χ0v) is 15.1. The van der Waals surface area contributed by atoms with Crippen LogP contribution in [0.1, 0.15) is 30.3 Å². The van der Waals surface area contributed by atoms with Crippen molar-refractivity contribution in [1.29, 1.82) is 0 Å². The molecule has 1 aromatic carbocycles. The van der Waals surface area contributed by atoms with E-state index in [-0.39, 0.29) is 11.7 Å². The molecule has 1 aromatic heterocycles. The minimum absolute atomic E-state index is 0.0516. The number of allylic oxidation sites excluding steroid dienone is 2. The Balaban J connectivity index is 1.90. The number of anilines is 1. The Morgan fingerprint density at radius 2 is 1.96 bits per heavy atom. The van der Waals surface area contributed by atoms with Gasteiger partial charge < -0.3 is 14.8 Å². The fourth-order valence-electron chi connectivity index (χ4n) is 3.66. The fraction of sp³-hybridized carbons (Fsp3) is 0.389. The number of carbonyl (C=O) groups is 1. The van der Waals surface area contributed by atoms with E-state index in [0.29, 0.717) is 35.6 Å². The maximum Gasteiger partial charge on any atom is 0.453 e. The lowest BCUT2D eigenvalue weighted by atomic mass is 9.81. The number of nitrogens with one attached hydrogen (secondary N) is 1. The van der Waals surface area contributed by atoms with E-state index < -0.39 is 24.0 Å². The number of fused-ring (bicyclic) bond motifs is 2. The Morgan fingerprint density at radius 3 is 2.64 bits per heavy atom. The first-order chi connectivity index (χ1) is 13.3. The third kappa shape index (κ3) is 2.88. The molecule has 0 radical (unpaired) electrons. The molecule has 0 saturated heterocycles. The van der Waals surface area contributed by atoms with E-state index in [1.807, 2.05) is 6.08 Å². The minimum Gasteiger partial charge on any atom is -0.493 e. The molecule has 7 nitrogen and oxygen atoms in total. The molecule has 2 unspecified atom stereocenters. The van der Waals surface area contributed by atoms with E-state index in [9.17, 15) is 18.0 Å². The maximum atomic E-state index is 13.2. The van der Waals surface area contributed by atoms with Crippen molar-refractivity contribution in [3.8, 4) is 11.5 Å². The molecule has 0 amide bonds. The lowest BCUT2D eigenvalue weighted by molar-refractivity contribution is -0.145. The highest BCUT2D eigenvalue weighted by Gasteiger charge is 2.45. The number of hydrogen-bond acceptors (Lipinski definition) is 6. The smallest absolute Gasteiger partial charge is 0.453 e. The molecule has 28 heavy (non-hydrogen) atoms.